The van der Waals surface area contributed by atoms with Crippen molar-refractivity contribution in [3.8, 4) is 11.4 Å². The van der Waals surface area contributed by atoms with Gasteiger partial charge >= 0.3 is 0 Å². The number of hydrogen-bond donors (Lipinski definition) is 1. The Morgan fingerprint density at radius 2 is 1.57 bits per heavy atom. The van der Waals surface area contributed by atoms with Crippen LogP contribution in [0.3, 0.4) is 0 Å². The molecule has 1 atom stereocenters. The van der Waals surface area contributed by atoms with E-state index in [9.17, 15) is 27.6 Å². The van der Waals surface area contributed by atoms with Crippen molar-refractivity contribution >= 4 is 34.8 Å². The largest absolute Gasteiger partial charge is 0.494 e. The van der Waals surface area contributed by atoms with Crippen LogP contribution in [0, 0.1) is 24.4 Å². The zero-order chi connectivity index (χ0) is 32.7. The molecule has 6 rings (SSSR count). The number of amides is 2. The van der Waals surface area contributed by atoms with Crippen LogP contribution in [-0.2, 0) is 4.84 Å². The van der Waals surface area contributed by atoms with Gasteiger partial charge in [-0.05, 0) is 66.6 Å². The van der Waals surface area contributed by atoms with Crippen LogP contribution in [0.1, 0.15) is 37.9 Å². The number of anilines is 2. The predicted octanol–water partition coefficient (Wildman–Crippen LogP) is 6.59. The number of fused-ring (bicyclic) bond motifs is 1. The summed E-state index contributed by atoms with van der Waals surface area (Å²) in [5.41, 5.74) is 1.47. The number of halogens is 4. The number of hydrogen-bond acceptors (Lipinski definition) is 6. The third-order valence-corrected chi connectivity index (χ3v) is 7.64. The highest BCUT2D eigenvalue weighted by Gasteiger charge is 2.37. The van der Waals surface area contributed by atoms with Gasteiger partial charge in [-0.15, -0.1) is 5.06 Å². The van der Waals surface area contributed by atoms with Gasteiger partial charge in [-0.2, -0.15) is 0 Å². The van der Waals surface area contributed by atoms with Crippen molar-refractivity contribution in [2.24, 2.45) is 0 Å². The molecule has 3 aromatic carbocycles. The molecule has 13 heteroatoms. The second-order valence-electron chi connectivity index (χ2n) is 10.5. The molecule has 46 heavy (non-hydrogen) atoms. The van der Waals surface area contributed by atoms with Gasteiger partial charge in [-0.3, -0.25) is 19.2 Å². The van der Waals surface area contributed by atoms with Gasteiger partial charge in [0, 0.05) is 30.3 Å². The Bertz CT molecular complexity index is 2020. The second-order valence-corrected chi connectivity index (χ2v) is 10.9. The van der Waals surface area contributed by atoms with E-state index >= 15 is 0 Å². The fourth-order valence-electron chi connectivity index (χ4n) is 5.20. The standard InChI is InChI=1S/C33H24ClF3N4O5/c1-18-9-10-39(15-18)27-8-7-21(14-29(27)45-2)38-26-13-20(34)16-40(33(26)44)28(19-11-24(35)30(37)25(36)12-19)17-46-41-31(42)22-5-3-4-6-23(22)32(41)43/h3-16,28,38H,17H2,1-2H3. The van der Waals surface area contributed by atoms with Crippen molar-refractivity contribution in [2.45, 2.75) is 13.0 Å². The van der Waals surface area contributed by atoms with E-state index in [1.54, 1.807) is 30.3 Å². The number of carbonyl (C=O) groups is 2. The van der Waals surface area contributed by atoms with Gasteiger partial charge in [0.25, 0.3) is 17.4 Å². The van der Waals surface area contributed by atoms with E-state index in [1.807, 2.05) is 30.0 Å². The number of imide groups is 1. The van der Waals surface area contributed by atoms with Crippen LogP contribution in [-0.4, -0.2) is 39.7 Å². The third kappa shape index (κ3) is 5.64. The Morgan fingerprint density at radius 3 is 2.17 bits per heavy atom. The molecule has 1 aliphatic rings. The van der Waals surface area contributed by atoms with Crippen LogP contribution in [0.4, 0.5) is 24.5 Å². The fourth-order valence-corrected chi connectivity index (χ4v) is 5.41. The minimum absolute atomic E-state index is 0.0344. The van der Waals surface area contributed by atoms with Gasteiger partial charge in [0.2, 0.25) is 0 Å². The van der Waals surface area contributed by atoms with E-state index in [0.29, 0.717) is 28.6 Å². The highest BCUT2D eigenvalue weighted by atomic mass is 35.5. The molecule has 0 saturated heterocycles. The van der Waals surface area contributed by atoms with E-state index in [0.717, 1.165) is 15.8 Å². The molecule has 2 amide bonds. The van der Waals surface area contributed by atoms with E-state index in [2.05, 4.69) is 5.32 Å². The molecule has 3 heterocycles. The van der Waals surface area contributed by atoms with Gasteiger partial charge in [0.1, 0.15) is 18.0 Å². The SMILES string of the molecule is COc1cc(Nc2cc(Cl)cn(C(CON3C(=O)c4ccccc4C3=O)c3cc(F)c(F)c(F)c3)c2=O)ccc1-n1ccc(C)c1. The molecule has 2 aromatic heterocycles. The molecular formula is C33H24ClF3N4O5. The van der Waals surface area contributed by atoms with Crippen molar-refractivity contribution in [2.75, 3.05) is 19.0 Å². The average molecular weight is 649 g/mol. The third-order valence-electron chi connectivity index (χ3n) is 7.43. The highest BCUT2D eigenvalue weighted by Crippen LogP contribution is 2.31. The summed E-state index contributed by atoms with van der Waals surface area (Å²) in [6, 6.07) is 14.5. The number of nitrogens with one attached hydrogen (secondary N) is 1. The molecule has 234 valence electrons. The summed E-state index contributed by atoms with van der Waals surface area (Å²) < 4.78 is 51.2. The number of ether oxygens (including phenoxy) is 1. The van der Waals surface area contributed by atoms with Gasteiger partial charge in [0.05, 0.1) is 35.0 Å². The van der Waals surface area contributed by atoms with Crippen LogP contribution in [0.2, 0.25) is 5.02 Å². The number of rotatable bonds is 9. The number of nitrogens with zero attached hydrogens (tertiary/aromatic N) is 3. The molecule has 9 nitrogen and oxygen atoms in total. The summed E-state index contributed by atoms with van der Waals surface area (Å²) in [7, 11) is 1.51. The highest BCUT2D eigenvalue weighted by molar-refractivity contribution is 6.30. The Kier molecular flexibility index (Phi) is 8.15. The van der Waals surface area contributed by atoms with Gasteiger partial charge in [-0.1, -0.05) is 23.7 Å². The summed E-state index contributed by atoms with van der Waals surface area (Å²) in [5, 5.41) is 3.55. The van der Waals surface area contributed by atoms with E-state index < -0.39 is 47.5 Å². The average Bonchev–Trinajstić information content (AvgIpc) is 3.58. The predicted molar refractivity (Wildman–Crippen MR) is 163 cm³/mol. The first-order valence-electron chi connectivity index (χ1n) is 13.8. The van der Waals surface area contributed by atoms with Crippen molar-refractivity contribution in [3.05, 3.63) is 140 Å². The number of aryl methyl sites for hydroxylation is 1. The molecule has 0 spiro atoms. The van der Waals surface area contributed by atoms with Gasteiger partial charge in [0.15, 0.2) is 17.5 Å². The van der Waals surface area contributed by atoms with E-state index in [4.69, 9.17) is 21.2 Å². The van der Waals surface area contributed by atoms with Crippen LogP contribution in [0.5, 0.6) is 5.75 Å². The lowest BCUT2D eigenvalue weighted by Crippen LogP contribution is -2.35. The van der Waals surface area contributed by atoms with Crippen molar-refractivity contribution in [1.29, 1.82) is 0 Å². The molecule has 0 fully saturated rings. The quantitative estimate of drug-likeness (QED) is 0.143. The zero-order valence-electron chi connectivity index (χ0n) is 24.3. The maximum atomic E-state index is 14.4. The first-order chi connectivity index (χ1) is 22.0. The van der Waals surface area contributed by atoms with Crippen molar-refractivity contribution in [1.82, 2.24) is 14.2 Å². The molecule has 5 aromatic rings. The van der Waals surface area contributed by atoms with Gasteiger partial charge < -0.3 is 19.2 Å². The minimum Gasteiger partial charge on any atom is -0.494 e. The summed E-state index contributed by atoms with van der Waals surface area (Å²) in [4.78, 5) is 45.2. The van der Waals surface area contributed by atoms with Crippen LogP contribution in [0.25, 0.3) is 5.69 Å². The molecule has 0 radical (unpaired) electrons. The van der Waals surface area contributed by atoms with Crippen LogP contribution in [0.15, 0.2) is 90.1 Å². The molecular weight excluding hydrogens is 625 g/mol. The van der Waals surface area contributed by atoms with Crippen molar-refractivity contribution in [3.63, 3.8) is 0 Å². The number of pyridine rings is 1. The lowest BCUT2D eigenvalue weighted by atomic mass is 10.1. The van der Waals surface area contributed by atoms with Crippen molar-refractivity contribution < 1.29 is 32.3 Å². The number of aromatic nitrogens is 2. The molecule has 0 saturated carbocycles. The second kappa shape index (κ2) is 12.2. The maximum absolute atomic E-state index is 14.4. The normalized spacial score (nSPS) is 13.2. The first-order valence-corrected chi connectivity index (χ1v) is 14.2. The van der Waals surface area contributed by atoms with Gasteiger partial charge in [-0.25, -0.2) is 13.2 Å². The molecule has 1 unspecified atom stereocenters. The Labute approximate surface area is 264 Å². The number of carbonyl (C=O) groups excluding carboxylic acids is 2. The summed E-state index contributed by atoms with van der Waals surface area (Å²) in [6.07, 6.45) is 5.00. The van der Waals surface area contributed by atoms with E-state index in [1.165, 1.54) is 31.5 Å². The van der Waals surface area contributed by atoms with E-state index in [-0.39, 0.29) is 27.4 Å². The Morgan fingerprint density at radius 1 is 0.891 bits per heavy atom. The van der Waals surface area contributed by atoms with Crippen LogP contribution >= 0.6 is 11.6 Å². The molecule has 1 aliphatic heterocycles. The maximum Gasteiger partial charge on any atom is 0.285 e. The molecule has 1 N–H and O–H groups in total. The van der Waals surface area contributed by atoms with Crippen LogP contribution < -0.4 is 15.6 Å². The summed E-state index contributed by atoms with van der Waals surface area (Å²) in [6.45, 7) is 1.31. The zero-order valence-corrected chi connectivity index (χ0v) is 25.0. The smallest absolute Gasteiger partial charge is 0.285 e. The lowest BCUT2D eigenvalue weighted by molar-refractivity contribution is -0.0980. The monoisotopic (exact) mass is 648 g/mol. The summed E-state index contributed by atoms with van der Waals surface area (Å²) >= 11 is 6.41. The Balaban J connectivity index is 1.37. The fraction of sp³-hybridized carbons (Fsp3) is 0.121. The number of methoxy groups -OCH3 is 1. The summed E-state index contributed by atoms with van der Waals surface area (Å²) in [5.74, 6) is -5.77. The lowest BCUT2D eigenvalue weighted by Gasteiger charge is -2.24. The minimum atomic E-state index is -1.71. The number of benzene rings is 3. The first kappa shape index (κ1) is 30.7. The number of hydroxylamine groups is 2. The Hall–Kier alpha value is -5.33. The molecule has 0 aliphatic carbocycles. The topological polar surface area (TPSA) is 94.8 Å². The molecule has 0 bridgehead atoms.